The molecule has 13 nitrogen and oxygen atoms in total. The molecule has 2 fully saturated rings. The van der Waals surface area contributed by atoms with Gasteiger partial charge in [-0.15, -0.1) is 0 Å². The van der Waals surface area contributed by atoms with Crippen LogP contribution in [-0.4, -0.2) is 113 Å². The lowest BCUT2D eigenvalue weighted by Crippen LogP contribution is -2.52. The van der Waals surface area contributed by atoms with Crippen molar-refractivity contribution in [3.8, 4) is 5.75 Å². The third kappa shape index (κ3) is 7.45. The SMILES string of the molecule is CCCCOC(=O)N1CCN(C(=O)CNC(=O)c2cc(OCC(=O)N3CCC[C@H]3C(=O)O)c3ccc(C)cc3n2)CC1. The number of likely N-dealkylation sites (tertiary alicyclic amines) is 1. The number of aromatic nitrogens is 1. The zero-order valence-corrected chi connectivity index (χ0v) is 24.0. The van der Waals surface area contributed by atoms with E-state index in [2.05, 4.69) is 10.3 Å². The van der Waals surface area contributed by atoms with E-state index in [-0.39, 0.29) is 30.0 Å². The minimum atomic E-state index is -1.05. The number of piperazine rings is 1. The van der Waals surface area contributed by atoms with Gasteiger partial charge >= 0.3 is 12.1 Å². The number of ether oxygens (including phenoxy) is 2. The van der Waals surface area contributed by atoms with Gasteiger partial charge in [-0.25, -0.2) is 14.6 Å². The number of hydrogen-bond acceptors (Lipinski definition) is 8. The predicted octanol–water partition coefficient (Wildman–Crippen LogP) is 1.81. The minimum absolute atomic E-state index is 0.00702. The number of benzene rings is 1. The van der Waals surface area contributed by atoms with Crippen molar-refractivity contribution in [2.45, 2.75) is 45.6 Å². The van der Waals surface area contributed by atoms with E-state index in [4.69, 9.17) is 9.47 Å². The molecule has 0 radical (unpaired) electrons. The van der Waals surface area contributed by atoms with Gasteiger partial charge in [0.25, 0.3) is 11.8 Å². The Morgan fingerprint density at radius 1 is 1.02 bits per heavy atom. The van der Waals surface area contributed by atoms with E-state index in [1.165, 1.54) is 11.0 Å². The lowest BCUT2D eigenvalue weighted by molar-refractivity contribution is -0.148. The maximum Gasteiger partial charge on any atom is 0.409 e. The van der Waals surface area contributed by atoms with Crippen LogP contribution in [0.1, 0.15) is 48.7 Å². The summed E-state index contributed by atoms with van der Waals surface area (Å²) >= 11 is 0. The highest BCUT2D eigenvalue weighted by Crippen LogP contribution is 2.27. The van der Waals surface area contributed by atoms with Crippen LogP contribution in [0.25, 0.3) is 10.9 Å². The summed E-state index contributed by atoms with van der Waals surface area (Å²) < 4.78 is 11.0. The summed E-state index contributed by atoms with van der Waals surface area (Å²) in [5, 5.41) is 12.6. The Kier molecular flexibility index (Phi) is 10.2. The summed E-state index contributed by atoms with van der Waals surface area (Å²) in [5.41, 5.74) is 1.38. The highest BCUT2D eigenvalue weighted by atomic mass is 16.6. The normalized spacial score (nSPS) is 16.8. The first-order valence-corrected chi connectivity index (χ1v) is 14.2. The summed E-state index contributed by atoms with van der Waals surface area (Å²) in [6.07, 6.45) is 2.33. The predicted molar refractivity (Wildman–Crippen MR) is 151 cm³/mol. The largest absolute Gasteiger partial charge is 0.483 e. The molecule has 2 aliphatic rings. The Morgan fingerprint density at radius 2 is 1.76 bits per heavy atom. The number of carbonyl (C=O) groups is 5. The number of aryl methyl sites for hydroxylation is 1. The van der Waals surface area contributed by atoms with Crippen molar-refractivity contribution < 1.29 is 38.6 Å². The molecule has 2 aliphatic heterocycles. The van der Waals surface area contributed by atoms with Crippen LogP contribution in [0.2, 0.25) is 0 Å². The zero-order chi connectivity index (χ0) is 30.2. The quantitative estimate of drug-likeness (QED) is 0.398. The number of aliphatic carboxylic acids is 1. The standard InChI is InChI=1S/C29H37N5O8/c1-3-4-14-41-29(40)33-12-10-32(11-13-33)25(35)17-30-27(37)22-16-24(20-8-7-19(2)15-21(20)31-22)42-18-26(36)34-9-5-6-23(34)28(38)39/h7-8,15-16,23H,3-6,9-14,17-18H2,1-2H3,(H,30,37)(H,38,39)/t23-/m0/s1. The lowest BCUT2D eigenvalue weighted by Gasteiger charge is -2.34. The fourth-order valence-corrected chi connectivity index (χ4v) is 4.98. The Bertz CT molecular complexity index is 1340. The third-order valence-electron chi connectivity index (χ3n) is 7.38. The fourth-order valence-electron chi connectivity index (χ4n) is 4.98. The number of carboxylic acids is 1. The van der Waals surface area contributed by atoms with Crippen molar-refractivity contribution >= 4 is 40.7 Å². The highest BCUT2D eigenvalue weighted by molar-refractivity contribution is 5.98. The van der Waals surface area contributed by atoms with E-state index in [0.717, 1.165) is 18.4 Å². The van der Waals surface area contributed by atoms with Gasteiger partial charge in [0.2, 0.25) is 5.91 Å². The summed E-state index contributed by atoms with van der Waals surface area (Å²) in [7, 11) is 0. The molecule has 3 heterocycles. The molecule has 0 unspecified atom stereocenters. The molecular formula is C29H37N5O8. The maximum atomic E-state index is 13.0. The van der Waals surface area contributed by atoms with Crippen LogP contribution < -0.4 is 10.1 Å². The van der Waals surface area contributed by atoms with Crippen LogP contribution in [0, 0.1) is 6.92 Å². The molecule has 1 aromatic carbocycles. The van der Waals surface area contributed by atoms with Gasteiger partial charge in [0.1, 0.15) is 17.5 Å². The number of rotatable bonds is 10. The van der Waals surface area contributed by atoms with Gasteiger partial charge in [-0.3, -0.25) is 14.4 Å². The molecule has 0 aliphatic carbocycles. The second kappa shape index (κ2) is 14.0. The Hall–Kier alpha value is -4.42. The van der Waals surface area contributed by atoms with Gasteiger partial charge in [-0.1, -0.05) is 19.4 Å². The summed E-state index contributed by atoms with van der Waals surface area (Å²) in [5.74, 6) is -2.14. The monoisotopic (exact) mass is 583 g/mol. The molecule has 226 valence electrons. The number of amides is 4. The van der Waals surface area contributed by atoms with Crippen molar-refractivity contribution in [2.24, 2.45) is 0 Å². The topological polar surface area (TPSA) is 159 Å². The van der Waals surface area contributed by atoms with Gasteiger partial charge in [0, 0.05) is 44.2 Å². The highest BCUT2D eigenvalue weighted by Gasteiger charge is 2.34. The first kappa shape index (κ1) is 30.5. The molecule has 2 aromatic rings. The van der Waals surface area contributed by atoms with Gasteiger partial charge in [-0.2, -0.15) is 0 Å². The van der Waals surface area contributed by atoms with Crippen LogP contribution in [0.5, 0.6) is 5.75 Å². The molecule has 2 N–H and O–H groups in total. The number of nitrogens with one attached hydrogen (secondary N) is 1. The van der Waals surface area contributed by atoms with E-state index in [1.807, 2.05) is 19.9 Å². The van der Waals surface area contributed by atoms with E-state index in [1.54, 1.807) is 21.9 Å². The molecule has 4 rings (SSSR count). The summed E-state index contributed by atoms with van der Waals surface area (Å²) in [6.45, 7) is 5.31. The van der Waals surface area contributed by atoms with Gasteiger partial charge in [0.15, 0.2) is 6.61 Å². The summed E-state index contributed by atoms with van der Waals surface area (Å²) in [4.78, 5) is 71.1. The van der Waals surface area contributed by atoms with E-state index < -0.39 is 30.4 Å². The number of carboxylic acid groups (broad SMARTS) is 1. The van der Waals surface area contributed by atoms with Crippen molar-refractivity contribution in [3.63, 3.8) is 0 Å². The number of pyridine rings is 1. The van der Waals surface area contributed by atoms with E-state index in [9.17, 15) is 29.1 Å². The number of fused-ring (bicyclic) bond motifs is 1. The smallest absolute Gasteiger partial charge is 0.409 e. The first-order valence-electron chi connectivity index (χ1n) is 14.2. The number of carbonyl (C=O) groups excluding carboxylic acids is 4. The van der Waals surface area contributed by atoms with Crippen molar-refractivity contribution in [2.75, 3.05) is 52.5 Å². The molecule has 13 heteroatoms. The van der Waals surface area contributed by atoms with Gasteiger partial charge in [0.05, 0.1) is 18.7 Å². The molecule has 4 amide bonds. The molecule has 42 heavy (non-hydrogen) atoms. The lowest BCUT2D eigenvalue weighted by atomic mass is 10.1. The van der Waals surface area contributed by atoms with Crippen LogP contribution in [0.15, 0.2) is 24.3 Å². The minimum Gasteiger partial charge on any atom is -0.483 e. The second-order valence-electron chi connectivity index (χ2n) is 10.4. The van der Waals surface area contributed by atoms with Crippen molar-refractivity contribution in [1.82, 2.24) is 25.0 Å². The average molecular weight is 584 g/mol. The average Bonchev–Trinajstić information content (AvgIpc) is 3.49. The Balaban J connectivity index is 1.36. The van der Waals surface area contributed by atoms with Crippen molar-refractivity contribution in [1.29, 1.82) is 0 Å². The molecule has 0 spiro atoms. The van der Waals surface area contributed by atoms with Gasteiger partial charge < -0.3 is 34.6 Å². The Morgan fingerprint density at radius 3 is 2.48 bits per heavy atom. The number of unbranched alkanes of at least 4 members (excludes halogenated alkanes) is 1. The van der Waals surface area contributed by atoms with E-state index in [0.29, 0.717) is 63.1 Å². The van der Waals surface area contributed by atoms with E-state index >= 15 is 0 Å². The van der Waals surface area contributed by atoms with Crippen LogP contribution in [0.4, 0.5) is 4.79 Å². The molecule has 2 saturated heterocycles. The number of nitrogens with zero attached hydrogens (tertiary/aromatic N) is 4. The van der Waals surface area contributed by atoms with Crippen molar-refractivity contribution in [3.05, 3.63) is 35.5 Å². The first-order chi connectivity index (χ1) is 20.2. The van der Waals surface area contributed by atoms with Crippen LogP contribution in [0.3, 0.4) is 0 Å². The summed E-state index contributed by atoms with van der Waals surface area (Å²) in [6, 6.07) is 5.94. The maximum absolute atomic E-state index is 13.0. The molecule has 1 atom stereocenters. The molecule has 0 bridgehead atoms. The fraction of sp³-hybridized carbons (Fsp3) is 0.517. The van der Waals surface area contributed by atoms with Crippen LogP contribution >= 0.6 is 0 Å². The number of hydrogen-bond donors (Lipinski definition) is 2. The zero-order valence-electron chi connectivity index (χ0n) is 24.0. The Labute approximate surface area is 243 Å². The molecule has 0 saturated carbocycles. The second-order valence-corrected chi connectivity index (χ2v) is 10.4. The molecular weight excluding hydrogens is 546 g/mol. The third-order valence-corrected chi connectivity index (χ3v) is 7.38. The van der Waals surface area contributed by atoms with Gasteiger partial charge in [-0.05, 0) is 43.9 Å². The van der Waals surface area contributed by atoms with Crippen LogP contribution in [-0.2, 0) is 19.1 Å². The molecule has 1 aromatic heterocycles.